The summed E-state index contributed by atoms with van der Waals surface area (Å²) in [5.74, 6) is -2.91. The highest BCUT2D eigenvalue weighted by molar-refractivity contribution is 6.33. The van der Waals surface area contributed by atoms with Gasteiger partial charge in [0, 0.05) is 26.6 Å². The second kappa shape index (κ2) is 6.29. The predicted octanol–water partition coefficient (Wildman–Crippen LogP) is 2.02. The Kier molecular flexibility index (Phi) is 4.45. The molecule has 2 saturated heterocycles. The highest BCUT2D eigenvalue weighted by Crippen LogP contribution is 2.43. The monoisotopic (exact) mass is 368 g/mol. The fourth-order valence-electron chi connectivity index (χ4n) is 3.91. The van der Waals surface area contributed by atoms with Gasteiger partial charge in [-0.2, -0.15) is 0 Å². The molecular weight excluding hydrogens is 351 g/mol. The molecule has 1 N–H and O–H groups in total. The SMILES string of the molecule is CN1C(=O)C[C@@H](C(=O)O)C12CCN(C(=O)c1cc(F)ccc1Cl)CC2. The highest BCUT2D eigenvalue weighted by atomic mass is 35.5. The summed E-state index contributed by atoms with van der Waals surface area (Å²) >= 11 is 5.99. The van der Waals surface area contributed by atoms with Crippen LogP contribution in [0.25, 0.3) is 0 Å². The average molecular weight is 369 g/mol. The molecule has 134 valence electrons. The van der Waals surface area contributed by atoms with Crippen LogP contribution in [0.15, 0.2) is 18.2 Å². The minimum Gasteiger partial charge on any atom is -0.481 e. The van der Waals surface area contributed by atoms with Crippen molar-refractivity contribution in [3.8, 4) is 0 Å². The van der Waals surface area contributed by atoms with Gasteiger partial charge in [0.05, 0.1) is 22.0 Å². The van der Waals surface area contributed by atoms with Crippen molar-refractivity contribution in [1.82, 2.24) is 9.80 Å². The van der Waals surface area contributed by atoms with Gasteiger partial charge in [0.2, 0.25) is 5.91 Å². The van der Waals surface area contributed by atoms with E-state index in [1.807, 2.05) is 0 Å². The molecule has 0 unspecified atom stereocenters. The number of hydrogen-bond acceptors (Lipinski definition) is 3. The van der Waals surface area contributed by atoms with Crippen molar-refractivity contribution in [2.75, 3.05) is 20.1 Å². The molecule has 6 nitrogen and oxygen atoms in total. The quantitative estimate of drug-likeness (QED) is 0.866. The molecule has 2 amide bonds. The highest BCUT2D eigenvalue weighted by Gasteiger charge is 2.55. The van der Waals surface area contributed by atoms with E-state index in [-0.39, 0.29) is 36.0 Å². The number of carboxylic acid groups (broad SMARTS) is 1. The van der Waals surface area contributed by atoms with Crippen molar-refractivity contribution in [3.63, 3.8) is 0 Å². The number of aliphatic carboxylic acids is 1. The number of likely N-dealkylation sites (tertiary alicyclic amines) is 2. The van der Waals surface area contributed by atoms with Crippen molar-refractivity contribution in [2.45, 2.75) is 24.8 Å². The third-order valence-corrected chi connectivity index (χ3v) is 5.77. The zero-order valence-electron chi connectivity index (χ0n) is 13.7. The van der Waals surface area contributed by atoms with Crippen LogP contribution >= 0.6 is 11.6 Å². The standard InChI is InChI=1S/C17H18ClFN2O4/c1-20-14(22)9-12(16(24)25)17(20)4-6-21(7-5-17)15(23)11-8-10(19)2-3-13(11)18/h2-3,8,12H,4-7,9H2,1H3,(H,24,25)/t12-/m0/s1. The molecule has 0 saturated carbocycles. The number of halogens is 2. The van der Waals surface area contributed by atoms with Crippen molar-refractivity contribution in [2.24, 2.45) is 5.92 Å². The van der Waals surface area contributed by atoms with E-state index in [2.05, 4.69) is 0 Å². The summed E-state index contributed by atoms with van der Waals surface area (Å²) in [5, 5.41) is 9.64. The Balaban J connectivity index is 1.79. The Bertz CT molecular complexity index is 746. The maximum Gasteiger partial charge on any atom is 0.309 e. The van der Waals surface area contributed by atoms with E-state index in [0.717, 1.165) is 6.07 Å². The molecule has 0 radical (unpaired) electrons. The number of carbonyl (C=O) groups is 3. The van der Waals surface area contributed by atoms with Crippen LogP contribution in [0.2, 0.25) is 5.02 Å². The molecule has 0 bridgehead atoms. The van der Waals surface area contributed by atoms with E-state index < -0.39 is 29.2 Å². The van der Waals surface area contributed by atoms with Crippen LogP contribution in [-0.2, 0) is 9.59 Å². The first kappa shape index (κ1) is 17.7. The summed E-state index contributed by atoms with van der Waals surface area (Å²) in [4.78, 5) is 39.2. The molecule has 8 heteroatoms. The molecule has 3 rings (SSSR count). The van der Waals surface area contributed by atoms with E-state index in [0.29, 0.717) is 12.8 Å². The Labute approximate surface area is 149 Å². The largest absolute Gasteiger partial charge is 0.481 e. The molecular formula is C17H18ClFN2O4. The van der Waals surface area contributed by atoms with Gasteiger partial charge < -0.3 is 14.9 Å². The molecule has 2 aliphatic rings. The first-order valence-electron chi connectivity index (χ1n) is 8.00. The predicted molar refractivity (Wildman–Crippen MR) is 87.8 cm³/mol. The lowest BCUT2D eigenvalue weighted by molar-refractivity contribution is -0.145. The molecule has 2 fully saturated rings. The van der Waals surface area contributed by atoms with E-state index >= 15 is 0 Å². The van der Waals surface area contributed by atoms with Crippen molar-refractivity contribution < 1.29 is 23.9 Å². The summed E-state index contributed by atoms with van der Waals surface area (Å²) in [6.45, 7) is 0.570. The second-order valence-corrected chi connectivity index (χ2v) is 6.97. The fourth-order valence-corrected chi connectivity index (χ4v) is 4.11. The number of carboxylic acids is 1. The molecule has 1 spiro atoms. The van der Waals surface area contributed by atoms with Crippen LogP contribution in [0.3, 0.4) is 0 Å². The van der Waals surface area contributed by atoms with Crippen LogP contribution in [0.1, 0.15) is 29.6 Å². The first-order chi connectivity index (χ1) is 11.8. The maximum absolute atomic E-state index is 13.4. The number of hydrogen-bond donors (Lipinski definition) is 1. The summed E-state index contributed by atoms with van der Waals surface area (Å²) in [6, 6.07) is 3.61. The number of carbonyl (C=O) groups excluding carboxylic acids is 2. The van der Waals surface area contributed by atoms with Gasteiger partial charge in [-0.1, -0.05) is 11.6 Å². The second-order valence-electron chi connectivity index (χ2n) is 6.57. The molecule has 0 aliphatic carbocycles. The van der Waals surface area contributed by atoms with Gasteiger partial charge in [0.15, 0.2) is 0 Å². The fraction of sp³-hybridized carbons (Fsp3) is 0.471. The van der Waals surface area contributed by atoms with Crippen LogP contribution in [-0.4, -0.2) is 58.4 Å². The van der Waals surface area contributed by atoms with Gasteiger partial charge in [0.25, 0.3) is 5.91 Å². The van der Waals surface area contributed by atoms with Gasteiger partial charge in [-0.25, -0.2) is 4.39 Å². The summed E-state index contributed by atoms with van der Waals surface area (Å²) in [7, 11) is 1.62. The van der Waals surface area contributed by atoms with Crippen molar-refractivity contribution >= 4 is 29.4 Å². The van der Waals surface area contributed by atoms with Gasteiger partial charge >= 0.3 is 5.97 Å². The van der Waals surface area contributed by atoms with Crippen molar-refractivity contribution in [3.05, 3.63) is 34.6 Å². The summed E-state index contributed by atoms with van der Waals surface area (Å²) in [5.41, 5.74) is -0.686. The van der Waals surface area contributed by atoms with E-state index in [1.165, 1.54) is 21.9 Å². The van der Waals surface area contributed by atoms with Crippen LogP contribution in [0, 0.1) is 11.7 Å². The zero-order valence-corrected chi connectivity index (χ0v) is 14.4. The summed E-state index contributed by atoms with van der Waals surface area (Å²) < 4.78 is 13.4. The van der Waals surface area contributed by atoms with E-state index in [9.17, 15) is 23.9 Å². The molecule has 2 aliphatic heterocycles. The van der Waals surface area contributed by atoms with E-state index in [4.69, 9.17) is 11.6 Å². The Morgan fingerprint density at radius 1 is 1.32 bits per heavy atom. The topological polar surface area (TPSA) is 77.9 Å². The zero-order chi connectivity index (χ0) is 18.4. The smallest absolute Gasteiger partial charge is 0.309 e. The number of rotatable bonds is 2. The van der Waals surface area contributed by atoms with Crippen LogP contribution in [0.4, 0.5) is 4.39 Å². The molecule has 1 atom stereocenters. The molecule has 1 aromatic carbocycles. The Hall–Kier alpha value is -2.15. The van der Waals surface area contributed by atoms with Crippen LogP contribution in [0.5, 0.6) is 0 Å². The number of benzene rings is 1. The third kappa shape index (κ3) is 2.86. The minimum atomic E-state index is -0.995. The first-order valence-corrected chi connectivity index (χ1v) is 8.38. The molecule has 0 aromatic heterocycles. The molecule has 25 heavy (non-hydrogen) atoms. The van der Waals surface area contributed by atoms with Gasteiger partial charge in [0.1, 0.15) is 5.82 Å². The minimum absolute atomic E-state index is 0.0183. The average Bonchev–Trinajstić information content (AvgIpc) is 2.82. The van der Waals surface area contributed by atoms with Crippen LogP contribution < -0.4 is 0 Å². The van der Waals surface area contributed by atoms with Gasteiger partial charge in [-0.3, -0.25) is 14.4 Å². The molecule has 1 aromatic rings. The summed E-state index contributed by atoms with van der Waals surface area (Å²) in [6.07, 6.45) is 0.714. The molecule has 2 heterocycles. The van der Waals surface area contributed by atoms with Gasteiger partial charge in [-0.05, 0) is 31.0 Å². The Morgan fingerprint density at radius 2 is 1.96 bits per heavy atom. The maximum atomic E-state index is 13.4. The number of amides is 2. The Morgan fingerprint density at radius 3 is 2.56 bits per heavy atom. The number of piperidine rings is 1. The van der Waals surface area contributed by atoms with Gasteiger partial charge in [-0.15, -0.1) is 0 Å². The van der Waals surface area contributed by atoms with E-state index in [1.54, 1.807) is 7.05 Å². The normalized spacial score (nSPS) is 22.5. The lowest BCUT2D eigenvalue weighted by atomic mass is 9.77. The third-order valence-electron chi connectivity index (χ3n) is 5.44. The van der Waals surface area contributed by atoms with Crippen molar-refractivity contribution in [1.29, 1.82) is 0 Å². The lowest BCUT2D eigenvalue weighted by Crippen LogP contribution is -2.57. The number of nitrogens with zero attached hydrogens (tertiary/aromatic N) is 2. The lowest BCUT2D eigenvalue weighted by Gasteiger charge is -2.45.